The number of pyridine rings is 2. The van der Waals surface area contributed by atoms with Crippen molar-refractivity contribution in [3.63, 3.8) is 0 Å². The second-order valence-electron chi connectivity index (χ2n) is 13.5. The van der Waals surface area contributed by atoms with Gasteiger partial charge < -0.3 is 18.6 Å². The Morgan fingerprint density at radius 3 is 1.38 bits per heavy atom. The highest BCUT2D eigenvalue weighted by Crippen LogP contribution is 2.52. The number of nitrogens with zero attached hydrogens (tertiary/aromatic N) is 4. The first kappa shape index (κ1) is 41.4. The van der Waals surface area contributed by atoms with E-state index in [0.717, 1.165) is 84.0 Å². The fourth-order valence-corrected chi connectivity index (χ4v) is 10.5. The molecule has 4 heterocycles. The molecule has 0 saturated carbocycles. The number of hydrogen-bond acceptors (Lipinski definition) is 12. The first-order valence-corrected chi connectivity index (χ1v) is 23.9. The van der Waals surface area contributed by atoms with E-state index in [9.17, 15) is 0 Å². The van der Waals surface area contributed by atoms with Gasteiger partial charge in [-0.2, -0.15) is 0 Å². The van der Waals surface area contributed by atoms with Crippen LogP contribution in [0.3, 0.4) is 0 Å². The standard InChI is InChI=1S/C36H38N6O2S2.2CH4O3S/c1-43-29-19-21-41(35-37-25-13-5-6-14-26(25)38-35)33-23(29)11-3-9-17-31(33)45-46-32-18-10-4-12-24-30(44-2)20-22-42(34(24)32)36-39-27-15-7-8-16-28(27)40-36;2*1-5(2,3)4/h5-8,13-16,19-22,31-32H,3-4,9-12,17-18H2,1-2H3,(H,37,38)(H,39,40);2*1H3,(H,2,3,4)/q+2;;/p-2. The molecule has 0 aliphatic heterocycles. The lowest BCUT2D eigenvalue weighted by molar-refractivity contribution is -0.612. The molecule has 8 rings (SSSR count). The quantitative estimate of drug-likeness (QED) is 0.0831. The van der Waals surface area contributed by atoms with Gasteiger partial charge in [0.2, 0.25) is 0 Å². The molecule has 0 radical (unpaired) electrons. The van der Waals surface area contributed by atoms with Gasteiger partial charge in [0.05, 0.1) is 57.3 Å². The molecule has 6 aromatic rings. The lowest BCUT2D eigenvalue weighted by Crippen LogP contribution is -2.39. The summed E-state index contributed by atoms with van der Waals surface area (Å²) in [6.45, 7) is 0. The molecular formula is C38H44N6O8S4. The van der Waals surface area contributed by atoms with Crippen LogP contribution in [0.5, 0.6) is 11.5 Å². The molecule has 298 valence electrons. The van der Waals surface area contributed by atoms with E-state index < -0.39 is 20.2 Å². The Labute approximate surface area is 334 Å². The van der Waals surface area contributed by atoms with Gasteiger partial charge in [-0.15, -0.1) is 0 Å². The molecule has 0 amide bonds. The predicted octanol–water partition coefficient (Wildman–Crippen LogP) is 5.95. The number of methoxy groups -OCH3 is 2. The van der Waals surface area contributed by atoms with Crippen LogP contribution in [-0.4, -0.2) is 72.6 Å². The third-order valence-electron chi connectivity index (χ3n) is 9.32. The largest absolute Gasteiger partial charge is 0.748 e. The molecule has 56 heavy (non-hydrogen) atoms. The average molecular weight is 841 g/mol. The van der Waals surface area contributed by atoms with Crippen LogP contribution < -0.4 is 18.6 Å². The van der Waals surface area contributed by atoms with Crippen LogP contribution in [0, 0.1) is 0 Å². The molecule has 0 fully saturated rings. The highest BCUT2D eigenvalue weighted by Gasteiger charge is 2.34. The Balaban J connectivity index is 0.000000476. The Hall–Kier alpha value is -4.20. The maximum Gasteiger partial charge on any atom is 0.402 e. The van der Waals surface area contributed by atoms with Crippen molar-refractivity contribution in [1.82, 2.24) is 19.9 Å². The topological polar surface area (TPSA) is 198 Å². The van der Waals surface area contributed by atoms with Crippen LogP contribution in [0.2, 0.25) is 0 Å². The molecule has 0 spiro atoms. The molecule has 2 N–H and O–H groups in total. The van der Waals surface area contributed by atoms with Gasteiger partial charge in [0.1, 0.15) is 33.9 Å². The summed E-state index contributed by atoms with van der Waals surface area (Å²) in [5.74, 6) is 3.63. The lowest BCUT2D eigenvalue weighted by atomic mass is 10.1. The number of fused-ring (bicyclic) bond motifs is 4. The van der Waals surface area contributed by atoms with E-state index in [1.807, 2.05) is 33.7 Å². The van der Waals surface area contributed by atoms with Crippen LogP contribution in [0.1, 0.15) is 71.5 Å². The summed E-state index contributed by atoms with van der Waals surface area (Å²) in [5.41, 5.74) is 9.20. The van der Waals surface area contributed by atoms with E-state index in [2.05, 4.69) is 80.0 Å². The van der Waals surface area contributed by atoms with Crippen molar-refractivity contribution in [2.24, 2.45) is 0 Å². The monoisotopic (exact) mass is 840 g/mol. The second-order valence-corrected chi connectivity index (χ2v) is 19.0. The number of aromatic nitrogens is 6. The van der Waals surface area contributed by atoms with E-state index in [1.165, 1.54) is 35.4 Å². The summed E-state index contributed by atoms with van der Waals surface area (Å²) in [5, 5.41) is 0.533. The van der Waals surface area contributed by atoms with Crippen LogP contribution in [0.4, 0.5) is 0 Å². The van der Waals surface area contributed by atoms with Crippen molar-refractivity contribution in [2.75, 3.05) is 26.7 Å². The first-order chi connectivity index (χ1) is 26.7. The minimum Gasteiger partial charge on any atom is -0.748 e. The fourth-order valence-electron chi connectivity index (χ4n) is 7.11. The van der Waals surface area contributed by atoms with Gasteiger partial charge in [-0.3, -0.25) is 0 Å². The minimum absolute atomic E-state index is 0.266. The number of rotatable bonds is 7. The number of aromatic amines is 2. The highest BCUT2D eigenvalue weighted by molar-refractivity contribution is 8.76. The van der Waals surface area contributed by atoms with Crippen LogP contribution >= 0.6 is 21.6 Å². The fraction of sp³-hybridized carbons (Fsp3) is 0.368. The molecule has 2 atom stereocenters. The number of nitrogens with one attached hydrogen (secondary N) is 2. The van der Waals surface area contributed by atoms with Gasteiger partial charge >= 0.3 is 11.9 Å². The Kier molecular flexibility index (Phi) is 13.3. The van der Waals surface area contributed by atoms with Crippen molar-refractivity contribution in [2.45, 2.75) is 61.9 Å². The molecule has 14 nitrogen and oxygen atoms in total. The summed E-state index contributed by atoms with van der Waals surface area (Å²) in [6.07, 6.45) is 14.3. The van der Waals surface area contributed by atoms with Crippen LogP contribution in [0.25, 0.3) is 34.0 Å². The molecule has 18 heteroatoms. The zero-order valence-corrected chi connectivity index (χ0v) is 34.7. The maximum atomic E-state index is 9.08. The van der Waals surface area contributed by atoms with Crippen molar-refractivity contribution in [3.8, 4) is 23.4 Å². The lowest BCUT2D eigenvalue weighted by Gasteiger charge is -2.23. The van der Waals surface area contributed by atoms with E-state index in [0.29, 0.717) is 12.5 Å². The van der Waals surface area contributed by atoms with Crippen molar-refractivity contribution < 1.29 is 44.5 Å². The highest BCUT2D eigenvalue weighted by atomic mass is 33.1. The van der Waals surface area contributed by atoms with Gasteiger partial charge in [0.25, 0.3) is 0 Å². The summed E-state index contributed by atoms with van der Waals surface area (Å²) < 4.78 is 70.9. The zero-order valence-electron chi connectivity index (χ0n) is 31.4. The Morgan fingerprint density at radius 1 is 0.643 bits per heavy atom. The molecular weight excluding hydrogens is 797 g/mol. The van der Waals surface area contributed by atoms with E-state index >= 15 is 0 Å². The average Bonchev–Trinajstić information content (AvgIpc) is 3.64. The summed E-state index contributed by atoms with van der Waals surface area (Å²) in [4.78, 5) is 17.2. The van der Waals surface area contributed by atoms with Gasteiger partial charge in [-0.05, 0) is 62.8 Å². The van der Waals surface area contributed by atoms with Crippen molar-refractivity contribution in [1.29, 1.82) is 0 Å². The molecule has 2 aliphatic carbocycles. The smallest absolute Gasteiger partial charge is 0.402 e. The molecule has 0 saturated heterocycles. The number of imidazole rings is 2. The Morgan fingerprint density at radius 2 is 1.02 bits per heavy atom. The number of benzene rings is 2. The van der Waals surface area contributed by atoms with Crippen molar-refractivity contribution in [3.05, 3.63) is 95.6 Å². The second kappa shape index (κ2) is 17.9. The minimum atomic E-state index is -3.92. The number of ether oxygens (including phenoxy) is 2. The normalized spacial score (nSPS) is 17.0. The SMILES string of the molecule is COc1cc[n+](-c2nc3ccccc3[nH]2)c2c1CCCCC2SSC1CCCCc2c(OC)cc[n+](-c3nc4ccccc4[nH]3)c21.CS(=O)(=O)[O-].CS(=O)(=O)[O-]. The number of para-hydroxylation sites is 4. The molecule has 2 unspecified atom stereocenters. The number of H-pyrrole nitrogens is 2. The molecule has 0 bridgehead atoms. The third kappa shape index (κ3) is 10.4. The van der Waals surface area contributed by atoms with E-state index in [4.69, 9.17) is 45.4 Å². The summed E-state index contributed by atoms with van der Waals surface area (Å²) in [7, 11) is -0.251. The third-order valence-corrected chi connectivity index (χ3v) is 12.5. The van der Waals surface area contributed by atoms with Gasteiger partial charge in [-0.1, -0.05) is 68.7 Å². The van der Waals surface area contributed by atoms with E-state index in [-0.39, 0.29) is 10.5 Å². The maximum absolute atomic E-state index is 9.08. The van der Waals surface area contributed by atoms with Gasteiger partial charge in [0.15, 0.2) is 11.0 Å². The summed E-state index contributed by atoms with van der Waals surface area (Å²) in [6, 6.07) is 20.7. The molecule has 2 aliphatic rings. The van der Waals surface area contributed by atoms with Gasteiger partial charge in [-0.25, -0.2) is 35.9 Å². The molecule has 4 aromatic heterocycles. The zero-order chi connectivity index (χ0) is 40.0. The van der Waals surface area contributed by atoms with Gasteiger partial charge in [0, 0.05) is 35.8 Å². The first-order valence-electron chi connectivity index (χ1n) is 18.0. The predicted molar refractivity (Wildman–Crippen MR) is 215 cm³/mol. The molecule has 2 aromatic carbocycles. The van der Waals surface area contributed by atoms with Crippen LogP contribution in [0.15, 0.2) is 73.1 Å². The summed E-state index contributed by atoms with van der Waals surface area (Å²) >= 11 is 0. The van der Waals surface area contributed by atoms with Crippen molar-refractivity contribution >= 4 is 63.9 Å². The Bertz CT molecular complexity index is 2290. The van der Waals surface area contributed by atoms with E-state index in [1.54, 1.807) is 14.2 Å². The number of hydrogen-bond donors (Lipinski definition) is 2. The van der Waals surface area contributed by atoms with Crippen LogP contribution in [-0.2, 0) is 33.1 Å².